The predicted octanol–water partition coefficient (Wildman–Crippen LogP) is 1.32. The Morgan fingerprint density at radius 2 is 2.29 bits per heavy atom. The van der Waals surface area contributed by atoms with Gasteiger partial charge in [-0.2, -0.15) is 0 Å². The molecule has 17 heavy (non-hydrogen) atoms. The van der Waals surface area contributed by atoms with E-state index in [2.05, 4.69) is 22.2 Å². The molecule has 5 heteroatoms. The molecule has 94 valence electrons. The largest absolute Gasteiger partial charge is 0.468 e. The van der Waals surface area contributed by atoms with Gasteiger partial charge in [0.2, 0.25) is 5.91 Å². The van der Waals surface area contributed by atoms with Crippen molar-refractivity contribution in [1.29, 1.82) is 0 Å². The molecule has 2 rings (SSSR count). The van der Waals surface area contributed by atoms with Crippen molar-refractivity contribution in [2.75, 3.05) is 12.9 Å². The molecule has 3 unspecified atom stereocenters. The van der Waals surface area contributed by atoms with Crippen molar-refractivity contribution in [3.05, 3.63) is 12.2 Å². The van der Waals surface area contributed by atoms with Gasteiger partial charge in [0, 0.05) is 12.8 Å². The Morgan fingerprint density at radius 1 is 1.53 bits per heavy atom. The molecule has 1 N–H and O–H groups in total. The molecule has 4 nitrogen and oxygen atoms in total. The molecule has 0 aromatic carbocycles. The second-order valence-corrected chi connectivity index (χ2v) is 5.93. The van der Waals surface area contributed by atoms with E-state index >= 15 is 0 Å². The van der Waals surface area contributed by atoms with Crippen molar-refractivity contribution in [2.45, 2.75) is 24.6 Å². The molecule has 0 aromatic rings. The Morgan fingerprint density at radius 3 is 2.76 bits per heavy atom. The fraction of sp³-hybridized carbons (Fsp3) is 0.667. The molecule has 1 amide bonds. The van der Waals surface area contributed by atoms with Crippen LogP contribution in [0.2, 0.25) is 0 Å². The van der Waals surface area contributed by atoms with Gasteiger partial charge in [0.1, 0.15) is 0 Å². The summed E-state index contributed by atoms with van der Waals surface area (Å²) in [4.78, 5) is 22.3. The number of amides is 1. The number of carbonyl (C=O) groups is 2. The molecule has 1 fully saturated rings. The van der Waals surface area contributed by atoms with Crippen LogP contribution < -0.4 is 5.32 Å². The number of hydrogen-bond acceptors (Lipinski definition) is 4. The number of ether oxygens (including phenoxy) is 1. The maximum absolute atomic E-state index is 11.3. The molecule has 3 atom stereocenters. The van der Waals surface area contributed by atoms with E-state index in [1.54, 1.807) is 0 Å². The highest BCUT2D eigenvalue weighted by Crippen LogP contribution is 2.51. The topological polar surface area (TPSA) is 55.4 Å². The van der Waals surface area contributed by atoms with E-state index in [4.69, 9.17) is 0 Å². The third-order valence-electron chi connectivity index (χ3n) is 3.40. The molecule has 1 saturated carbocycles. The standard InChI is InChI=1S/C12H17NO3S/c1-8(14)13-12(17-7-11(15)16-2)6-9-3-4-10(12)5-9/h3-4,9-10H,5-7H2,1-2H3,(H,13,14). The fourth-order valence-electron chi connectivity index (χ4n) is 2.70. The third kappa shape index (κ3) is 2.49. The Bertz CT molecular complexity index is 369. The smallest absolute Gasteiger partial charge is 0.315 e. The van der Waals surface area contributed by atoms with Crippen LogP contribution in [0.4, 0.5) is 0 Å². The second-order valence-electron chi connectivity index (χ2n) is 4.63. The van der Waals surface area contributed by atoms with Crippen molar-refractivity contribution in [1.82, 2.24) is 5.32 Å². The summed E-state index contributed by atoms with van der Waals surface area (Å²) in [5, 5.41) is 3.03. The van der Waals surface area contributed by atoms with Crippen molar-refractivity contribution in [3.8, 4) is 0 Å². The van der Waals surface area contributed by atoms with Gasteiger partial charge in [-0.05, 0) is 18.8 Å². The zero-order chi connectivity index (χ0) is 12.5. The molecule has 2 bridgehead atoms. The van der Waals surface area contributed by atoms with Crippen LogP contribution in [0.1, 0.15) is 19.8 Å². The quantitative estimate of drug-likeness (QED) is 0.467. The predicted molar refractivity (Wildman–Crippen MR) is 66.4 cm³/mol. The number of carbonyl (C=O) groups excluding carboxylic acids is 2. The average Bonchev–Trinajstić information content (AvgIpc) is 2.85. The number of rotatable bonds is 4. The van der Waals surface area contributed by atoms with Crippen LogP contribution in [0.15, 0.2) is 12.2 Å². The Hall–Kier alpha value is -0.970. The number of esters is 1. The highest BCUT2D eigenvalue weighted by atomic mass is 32.2. The normalized spacial score (nSPS) is 33.8. The van der Waals surface area contributed by atoms with Gasteiger partial charge in [0.05, 0.1) is 17.7 Å². The minimum atomic E-state index is -0.306. The summed E-state index contributed by atoms with van der Waals surface area (Å²) < 4.78 is 4.65. The summed E-state index contributed by atoms with van der Waals surface area (Å²) in [5.41, 5.74) is 0. The number of nitrogens with one attached hydrogen (secondary N) is 1. The van der Waals surface area contributed by atoms with Gasteiger partial charge in [-0.25, -0.2) is 0 Å². The lowest BCUT2D eigenvalue weighted by Crippen LogP contribution is -2.48. The van der Waals surface area contributed by atoms with E-state index in [9.17, 15) is 9.59 Å². The highest BCUT2D eigenvalue weighted by molar-refractivity contribution is 8.01. The average molecular weight is 255 g/mol. The maximum Gasteiger partial charge on any atom is 0.315 e. The first-order chi connectivity index (χ1) is 8.05. The molecule has 2 aliphatic carbocycles. The second kappa shape index (κ2) is 4.72. The van der Waals surface area contributed by atoms with E-state index < -0.39 is 0 Å². The van der Waals surface area contributed by atoms with Crippen LogP contribution in [-0.2, 0) is 14.3 Å². The van der Waals surface area contributed by atoms with Crippen LogP contribution >= 0.6 is 11.8 Å². The Labute approximate surface area is 105 Å². The van der Waals surface area contributed by atoms with Crippen molar-refractivity contribution < 1.29 is 14.3 Å². The minimum Gasteiger partial charge on any atom is -0.468 e. The Balaban J connectivity index is 2.06. The summed E-state index contributed by atoms with van der Waals surface area (Å²) in [5.74, 6) is 0.881. The number of allylic oxidation sites excluding steroid dienone is 1. The van der Waals surface area contributed by atoms with Gasteiger partial charge in [-0.3, -0.25) is 9.59 Å². The first kappa shape index (κ1) is 12.5. The zero-order valence-corrected chi connectivity index (χ0v) is 10.9. The molecule has 0 aliphatic heterocycles. The van der Waals surface area contributed by atoms with Crippen LogP contribution in [0, 0.1) is 11.8 Å². The van der Waals surface area contributed by atoms with Crippen LogP contribution in [0.3, 0.4) is 0 Å². The van der Waals surface area contributed by atoms with Gasteiger partial charge in [0.25, 0.3) is 0 Å². The monoisotopic (exact) mass is 255 g/mol. The van der Waals surface area contributed by atoms with Gasteiger partial charge >= 0.3 is 5.97 Å². The molecule has 2 aliphatic rings. The minimum absolute atomic E-state index is 0.0386. The maximum atomic E-state index is 11.3. The van der Waals surface area contributed by atoms with E-state index in [1.165, 1.54) is 25.8 Å². The summed E-state index contributed by atoms with van der Waals surface area (Å²) in [6.07, 6.45) is 6.36. The Kier molecular flexibility index (Phi) is 3.47. The van der Waals surface area contributed by atoms with E-state index in [1.807, 2.05) is 0 Å². The molecule has 0 radical (unpaired) electrons. The summed E-state index contributed by atoms with van der Waals surface area (Å²) >= 11 is 1.50. The van der Waals surface area contributed by atoms with Gasteiger partial charge < -0.3 is 10.1 Å². The zero-order valence-electron chi connectivity index (χ0n) is 10.1. The van der Waals surface area contributed by atoms with Gasteiger partial charge in [0.15, 0.2) is 0 Å². The summed E-state index contributed by atoms with van der Waals surface area (Å²) in [6.45, 7) is 1.52. The van der Waals surface area contributed by atoms with E-state index in [0.29, 0.717) is 11.8 Å². The number of methoxy groups -OCH3 is 1. The molecule has 0 spiro atoms. The number of thioether (sulfide) groups is 1. The first-order valence-corrected chi connectivity index (χ1v) is 6.72. The molecule has 0 saturated heterocycles. The molecule has 0 aromatic heterocycles. The number of hydrogen-bond donors (Lipinski definition) is 1. The molecular formula is C12H17NO3S. The SMILES string of the molecule is COC(=O)CSC1(NC(C)=O)CC2C=CC1C2. The highest BCUT2D eigenvalue weighted by Gasteiger charge is 2.49. The first-order valence-electron chi connectivity index (χ1n) is 5.73. The van der Waals surface area contributed by atoms with Crippen LogP contribution in [-0.4, -0.2) is 29.6 Å². The van der Waals surface area contributed by atoms with E-state index in [-0.39, 0.29) is 22.5 Å². The van der Waals surface area contributed by atoms with E-state index in [0.717, 1.165) is 12.8 Å². The summed E-state index contributed by atoms with van der Waals surface area (Å²) in [6, 6.07) is 0. The molecule has 0 heterocycles. The van der Waals surface area contributed by atoms with Crippen molar-refractivity contribution >= 4 is 23.6 Å². The fourth-order valence-corrected chi connectivity index (χ4v) is 4.13. The van der Waals surface area contributed by atoms with Gasteiger partial charge in [-0.15, -0.1) is 11.8 Å². The van der Waals surface area contributed by atoms with Crippen LogP contribution in [0.25, 0.3) is 0 Å². The lowest BCUT2D eigenvalue weighted by atomic mass is 10.0. The lowest BCUT2D eigenvalue weighted by molar-refractivity contribution is -0.137. The van der Waals surface area contributed by atoms with Crippen molar-refractivity contribution in [2.24, 2.45) is 11.8 Å². The number of fused-ring (bicyclic) bond motifs is 2. The third-order valence-corrected chi connectivity index (χ3v) is 4.87. The van der Waals surface area contributed by atoms with Crippen LogP contribution in [0.5, 0.6) is 0 Å². The lowest BCUT2D eigenvalue weighted by Gasteiger charge is -2.35. The molecular weight excluding hydrogens is 238 g/mol. The van der Waals surface area contributed by atoms with Crippen molar-refractivity contribution in [3.63, 3.8) is 0 Å². The van der Waals surface area contributed by atoms with Gasteiger partial charge in [-0.1, -0.05) is 12.2 Å². The summed E-state index contributed by atoms with van der Waals surface area (Å²) in [7, 11) is 1.38.